The Morgan fingerprint density at radius 1 is 1.22 bits per heavy atom. The van der Waals surface area contributed by atoms with E-state index in [2.05, 4.69) is 19.9 Å². The first-order valence-electron chi connectivity index (χ1n) is 11.0. The predicted octanol–water partition coefficient (Wildman–Crippen LogP) is 1.58. The van der Waals surface area contributed by atoms with Crippen LogP contribution in [0, 0.1) is 24.1 Å². The molecule has 0 amide bonds. The third kappa shape index (κ3) is 4.14. The molecule has 0 bridgehead atoms. The van der Waals surface area contributed by atoms with Crippen molar-refractivity contribution >= 4 is 17.4 Å². The normalized spacial score (nSPS) is 14.2. The summed E-state index contributed by atoms with van der Waals surface area (Å²) in [6.07, 6.45) is 5.70. The van der Waals surface area contributed by atoms with Crippen molar-refractivity contribution in [3.8, 4) is 23.0 Å². The zero-order valence-electron chi connectivity index (χ0n) is 19.3. The fourth-order valence-electron chi connectivity index (χ4n) is 4.26. The summed E-state index contributed by atoms with van der Waals surface area (Å²) >= 11 is 6.03. The van der Waals surface area contributed by atoms with Crippen molar-refractivity contribution in [3.63, 3.8) is 0 Å². The standard InChI is InChI=1S/C24H18ClFN8O3/c1-14-10-28-11-18(31-14)34-21(35)19(15-3-4-17(26)16(25)9-15)20(33(8-5-27)23(34)36)32-12-24(37,13-32)22-29-6-2-7-30-22/h2-4,6-7,9-11,37H,8,12-13H2,1H3. The first kappa shape index (κ1) is 24.2. The highest BCUT2D eigenvalue weighted by molar-refractivity contribution is 6.31. The Hall–Kier alpha value is -4.47. The smallest absolute Gasteiger partial charge is 0.339 e. The zero-order valence-corrected chi connectivity index (χ0v) is 20.1. The van der Waals surface area contributed by atoms with Crippen LogP contribution < -0.4 is 16.1 Å². The third-order valence-electron chi connectivity index (χ3n) is 5.91. The molecule has 1 aromatic carbocycles. The first-order chi connectivity index (χ1) is 17.7. The van der Waals surface area contributed by atoms with E-state index in [0.717, 1.165) is 15.2 Å². The van der Waals surface area contributed by atoms with Gasteiger partial charge in [0.2, 0.25) is 0 Å². The maximum absolute atomic E-state index is 14.0. The van der Waals surface area contributed by atoms with E-state index in [1.165, 1.54) is 36.9 Å². The van der Waals surface area contributed by atoms with Gasteiger partial charge in [0, 0.05) is 18.6 Å². The van der Waals surface area contributed by atoms with Gasteiger partial charge in [0.15, 0.2) is 17.2 Å². The number of aromatic nitrogens is 6. The molecule has 0 radical (unpaired) electrons. The lowest BCUT2D eigenvalue weighted by Crippen LogP contribution is -2.62. The number of β-amino-alcohol motifs (C(OH)–C–C–N with tert-alkyl or cyclic N) is 1. The molecule has 5 rings (SSSR count). The number of hydrogen-bond donors (Lipinski definition) is 1. The molecular weight excluding hydrogens is 503 g/mol. The van der Waals surface area contributed by atoms with Crippen LogP contribution in [-0.2, 0) is 12.1 Å². The predicted molar refractivity (Wildman–Crippen MR) is 131 cm³/mol. The van der Waals surface area contributed by atoms with E-state index < -0.39 is 29.2 Å². The third-order valence-corrected chi connectivity index (χ3v) is 6.20. The number of anilines is 1. The van der Waals surface area contributed by atoms with Gasteiger partial charge in [-0.05, 0) is 30.7 Å². The van der Waals surface area contributed by atoms with Gasteiger partial charge < -0.3 is 10.0 Å². The van der Waals surface area contributed by atoms with E-state index in [0.29, 0.717) is 5.69 Å². The molecule has 0 aliphatic carbocycles. The summed E-state index contributed by atoms with van der Waals surface area (Å²) in [4.78, 5) is 45.6. The van der Waals surface area contributed by atoms with Gasteiger partial charge in [-0.1, -0.05) is 17.7 Å². The van der Waals surface area contributed by atoms with Gasteiger partial charge in [-0.25, -0.2) is 28.7 Å². The molecule has 0 saturated carbocycles. The van der Waals surface area contributed by atoms with Crippen LogP contribution in [0.2, 0.25) is 5.02 Å². The van der Waals surface area contributed by atoms with Crippen LogP contribution in [0.25, 0.3) is 16.9 Å². The topological polar surface area (TPSA) is 143 Å². The van der Waals surface area contributed by atoms with Crippen molar-refractivity contribution < 1.29 is 9.50 Å². The largest absolute Gasteiger partial charge is 0.378 e. The average molecular weight is 521 g/mol. The van der Waals surface area contributed by atoms with E-state index in [4.69, 9.17) is 11.6 Å². The maximum Gasteiger partial charge on any atom is 0.339 e. The fourth-order valence-corrected chi connectivity index (χ4v) is 4.44. The summed E-state index contributed by atoms with van der Waals surface area (Å²) in [5, 5.41) is 20.4. The molecular formula is C24H18ClFN8O3. The summed E-state index contributed by atoms with van der Waals surface area (Å²) in [7, 11) is 0. The Morgan fingerprint density at radius 3 is 2.59 bits per heavy atom. The summed E-state index contributed by atoms with van der Waals surface area (Å²) < 4.78 is 15.9. The Labute approximate surface area is 213 Å². The highest BCUT2D eigenvalue weighted by Gasteiger charge is 2.47. The lowest BCUT2D eigenvalue weighted by molar-refractivity contribution is -0.00193. The van der Waals surface area contributed by atoms with Crippen LogP contribution in [0.4, 0.5) is 10.2 Å². The van der Waals surface area contributed by atoms with Crippen LogP contribution >= 0.6 is 11.6 Å². The monoisotopic (exact) mass is 520 g/mol. The number of hydrogen-bond acceptors (Lipinski definition) is 9. The second kappa shape index (κ2) is 9.20. The van der Waals surface area contributed by atoms with E-state index in [-0.39, 0.29) is 46.7 Å². The highest BCUT2D eigenvalue weighted by atomic mass is 35.5. The Bertz CT molecular complexity index is 1680. The lowest BCUT2D eigenvalue weighted by Gasteiger charge is -2.47. The average Bonchev–Trinajstić information content (AvgIpc) is 2.86. The minimum absolute atomic E-state index is 0.0314. The van der Waals surface area contributed by atoms with E-state index >= 15 is 0 Å². The van der Waals surface area contributed by atoms with Gasteiger partial charge in [0.05, 0.1) is 41.6 Å². The van der Waals surface area contributed by atoms with Crippen molar-refractivity contribution in [2.24, 2.45) is 0 Å². The first-order valence-corrected chi connectivity index (χ1v) is 11.4. The second-order valence-electron chi connectivity index (χ2n) is 8.47. The molecule has 1 saturated heterocycles. The van der Waals surface area contributed by atoms with Gasteiger partial charge in [-0.15, -0.1) is 0 Å². The highest BCUT2D eigenvalue weighted by Crippen LogP contribution is 2.38. The molecule has 1 fully saturated rings. The van der Waals surface area contributed by atoms with Gasteiger partial charge in [-0.3, -0.25) is 14.3 Å². The van der Waals surface area contributed by atoms with Crippen LogP contribution in [0.1, 0.15) is 11.5 Å². The molecule has 3 aromatic heterocycles. The molecule has 0 unspecified atom stereocenters. The van der Waals surface area contributed by atoms with Crippen molar-refractivity contribution in [2.45, 2.75) is 19.1 Å². The molecule has 1 aliphatic heterocycles. The van der Waals surface area contributed by atoms with Gasteiger partial charge in [0.1, 0.15) is 18.2 Å². The number of nitriles is 1. The van der Waals surface area contributed by atoms with Crippen molar-refractivity contribution in [2.75, 3.05) is 18.0 Å². The summed E-state index contributed by atoms with van der Waals surface area (Å²) in [5.41, 5.74) is -2.42. The fraction of sp³-hybridized carbons (Fsp3) is 0.208. The van der Waals surface area contributed by atoms with Crippen LogP contribution in [0.3, 0.4) is 0 Å². The van der Waals surface area contributed by atoms with E-state index in [1.807, 2.05) is 6.07 Å². The molecule has 1 aliphatic rings. The molecule has 37 heavy (non-hydrogen) atoms. The molecule has 11 nitrogen and oxygen atoms in total. The minimum atomic E-state index is -1.45. The summed E-state index contributed by atoms with van der Waals surface area (Å²) in [6, 6.07) is 7.26. The van der Waals surface area contributed by atoms with Crippen LogP contribution in [0.5, 0.6) is 0 Å². The molecule has 13 heteroatoms. The summed E-state index contributed by atoms with van der Waals surface area (Å²) in [6.45, 7) is 1.08. The SMILES string of the molecule is Cc1cncc(-n2c(=O)c(-c3ccc(F)c(Cl)c3)c(N3CC(O)(c4ncccn4)C3)n(CC#N)c2=O)n1. The van der Waals surface area contributed by atoms with E-state index in [1.54, 1.807) is 17.9 Å². The molecule has 186 valence electrons. The van der Waals surface area contributed by atoms with Crippen molar-refractivity contribution in [1.29, 1.82) is 5.26 Å². The maximum atomic E-state index is 14.0. The number of aryl methyl sites for hydroxylation is 1. The Morgan fingerprint density at radius 2 is 1.95 bits per heavy atom. The Kier molecular flexibility index (Phi) is 6.02. The number of aliphatic hydroxyl groups is 1. The zero-order chi connectivity index (χ0) is 26.3. The molecule has 1 N–H and O–H groups in total. The number of benzene rings is 1. The number of nitrogens with zero attached hydrogens (tertiary/aromatic N) is 8. The quantitative estimate of drug-likeness (QED) is 0.414. The Balaban J connectivity index is 1.78. The second-order valence-corrected chi connectivity index (χ2v) is 8.88. The molecule has 4 aromatic rings. The van der Waals surface area contributed by atoms with Gasteiger partial charge >= 0.3 is 5.69 Å². The van der Waals surface area contributed by atoms with Gasteiger partial charge in [0.25, 0.3) is 5.56 Å². The van der Waals surface area contributed by atoms with Crippen molar-refractivity contribution in [1.82, 2.24) is 29.1 Å². The summed E-state index contributed by atoms with van der Waals surface area (Å²) in [5.74, 6) is -0.492. The number of rotatable bonds is 5. The number of halogens is 2. The molecule has 0 spiro atoms. The van der Waals surface area contributed by atoms with Gasteiger partial charge in [-0.2, -0.15) is 5.26 Å². The molecule has 0 atom stereocenters. The molecule has 4 heterocycles. The minimum Gasteiger partial charge on any atom is -0.378 e. The lowest BCUT2D eigenvalue weighted by atomic mass is 9.92. The van der Waals surface area contributed by atoms with E-state index in [9.17, 15) is 24.3 Å². The van der Waals surface area contributed by atoms with Crippen LogP contribution in [0.15, 0.2) is 58.6 Å². The van der Waals surface area contributed by atoms with Crippen LogP contribution in [-0.4, -0.2) is 47.3 Å². The van der Waals surface area contributed by atoms with Crippen molar-refractivity contribution in [3.05, 3.63) is 92.2 Å².